The molecule has 1 amide bonds. The Balaban J connectivity index is 2.13. The Bertz CT molecular complexity index is 556. The first-order valence-corrected chi connectivity index (χ1v) is 6.76. The maximum Gasteiger partial charge on any atom is 0.328 e. The first-order chi connectivity index (χ1) is 9.97. The van der Waals surface area contributed by atoms with E-state index in [9.17, 15) is 9.59 Å². The van der Waals surface area contributed by atoms with Gasteiger partial charge in [-0.05, 0) is 25.8 Å². The molecule has 1 aromatic heterocycles. The van der Waals surface area contributed by atoms with Crippen LogP contribution in [0.1, 0.15) is 25.3 Å². The molecule has 2 atom stereocenters. The maximum absolute atomic E-state index is 11.3. The Morgan fingerprint density at radius 1 is 1.38 bits per heavy atom. The predicted octanol–water partition coefficient (Wildman–Crippen LogP) is 0.665. The molecule has 1 saturated heterocycles. The average Bonchev–Trinajstić information content (AvgIpc) is 2.46. The normalized spacial score (nSPS) is 22.4. The van der Waals surface area contributed by atoms with E-state index in [4.69, 9.17) is 10.8 Å². The second-order valence-corrected chi connectivity index (χ2v) is 5.17. The van der Waals surface area contributed by atoms with Gasteiger partial charge in [0, 0.05) is 36.6 Å². The third-order valence-electron chi connectivity index (χ3n) is 3.62. The summed E-state index contributed by atoms with van der Waals surface area (Å²) in [6.07, 6.45) is 7.22. The second kappa shape index (κ2) is 6.34. The van der Waals surface area contributed by atoms with Crippen molar-refractivity contribution in [3.63, 3.8) is 0 Å². The summed E-state index contributed by atoms with van der Waals surface area (Å²) >= 11 is 0. The SMILES string of the molecule is CC1CCC(C(N)=O)CN1c1ncc(/C=C/C(=O)O)cn1. The van der Waals surface area contributed by atoms with Crippen molar-refractivity contribution in [1.82, 2.24) is 9.97 Å². The Morgan fingerprint density at radius 2 is 2.05 bits per heavy atom. The molecule has 1 aromatic rings. The van der Waals surface area contributed by atoms with Gasteiger partial charge in [0.15, 0.2) is 0 Å². The molecule has 0 radical (unpaired) electrons. The van der Waals surface area contributed by atoms with Gasteiger partial charge in [-0.25, -0.2) is 14.8 Å². The molecule has 0 bridgehead atoms. The fourth-order valence-electron chi connectivity index (χ4n) is 2.35. The number of nitrogens with two attached hydrogens (primary N) is 1. The molecule has 1 aliphatic rings. The zero-order valence-corrected chi connectivity index (χ0v) is 11.8. The number of hydrogen-bond donors (Lipinski definition) is 2. The van der Waals surface area contributed by atoms with E-state index in [1.807, 2.05) is 4.90 Å². The largest absolute Gasteiger partial charge is 0.478 e. The summed E-state index contributed by atoms with van der Waals surface area (Å²) in [6.45, 7) is 2.57. The van der Waals surface area contributed by atoms with Gasteiger partial charge in [0.05, 0.1) is 5.92 Å². The van der Waals surface area contributed by atoms with Gasteiger partial charge in [0.25, 0.3) is 0 Å². The molecule has 0 aromatic carbocycles. The average molecular weight is 290 g/mol. The highest BCUT2D eigenvalue weighted by atomic mass is 16.4. The molecule has 112 valence electrons. The Morgan fingerprint density at radius 3 is 2.62 bits per heavy atom. The zero-order chi connectivity index (χ0) is 15.4. The number of carboxylic acids is 1. The molecule has 0 saturated carbocycles. The Hall–Kier alpha value is -2.44. The summed E-state index contributed by atoms with van der Waals surface area (Å²) in [6, 6.07) is 0.237. The quantitative estimate of drug-likeness (QED) is 0.788. The van der Waals surface area contributed by atoms with Crippen LogP contribution in [0.5, 0.6) is 0 Å². The lowest BCUT2D eigenvalue weighted by Crippen LogP contribution is -2.46. The number of rotatable bonds is 4. The third-order valence-corrected chi connectivity index (χ3v) is 3.62. The minimum atomic E-state index is -1.02. The van der Waals surface area contributed by atoms with Crippen molar-refractivity contribution in [3.05, 3.63) is 24.0 Å². The molecule has 0 aliphatic carbocycles. The van der Waals surface area contributed by atoms with E-state index < -0.39 is 5.97 Å². The van der Waals surface area contributed by atoms with Gasteiger partial charge in [-0.2, -0.15) is 0 Å². The summed E-state index contributed by atoms with van der Waals surface area (Å²) < 4.78 is 0. The number of aliphatic carboxylic acids is 1. The molecule has 2 unspecified atom stereocenters. The molecule has 0 spiro atoms. The summed E-state index contributed by atoms with van der Waals surface area (Å²) in [5.41, 5.74) is 5.98. The topological polar surface area (TPSA) is 109 Å². The monoisotopic (exact) mass is 290 g/mol. The van der Waals surface area contributed by atoms with Crippen molar-refractivity contribution in [1.29, 1.82) is 0 Å². The van der Waals surface area contributed by atoms with E-state index in [1.54, 1.807) is 12.4 Å². The minimum absolute atomic E-state index is 0.184. The van der Waals surface area contributed by atoms with Gasteiger partial charge >= 0.3 is 5.97 Å². The minimum Gasteiger partial charge on any atom is -0.478 e. The maximum atomic E-state index is 11.3. The molecule has 2 rings (SSSR count). The Kier molecular flexibility index (Phi) is 4.52. The van der Waals surface area contributed by atoms with E-state index in [2.05, 4.69) is 16.9 Å². The molecule has 2 heterocycles. The molecule has 3 N–H and O–H groups in total. The number of primary amides is 1. The summed E-state index contributed by atoms with van der Waals surface area (Å²) in [7, 11) is 0. The zero-order valence-electron chi connectivity index (χ0n) is 11.8. The van der Waals surface area contributed by atoms with Crippen molar-refractivity contribution < 1.29 is 14.7 Å². The first kappa shape index (κ1) is 15.0. The molecule has 7 nitrogen and oxygen atoms in total. The van der Waals surface area contributed by atoms with E-state index in [1.165, 1.54) is 6.08 Å². The number of nitrogens with zero attached hydrogens (tertiary/aromatic N) is 3. The van der Waals surface area contributed by atoms with Gasteiger partial charge in [0.2, 0.25) is 11.9 Å². The fourth-order valence-corrected chi connectivity index (χ4v) is 2.35. The van der Waals surface area contributed by atoms with Crippen LogP contribution in [0, 0.1) is 5.92 Å². The highest BCUT2D eigenvalue weighted by Gasteiger charge is 2.29. The van der Waals surface area contributed by atoms with Gasteiger partial charge in [-0.3, -0.25) is 4.79 Å². The fraction of sp³-hybridized carbons (Fsp3) is 0.429. The highest BCUT2D eigenvalue weighted by molar-refractivity contribution is 5.85. The number of anilines is 1. The Labute approximate surface area is 122 Å². The number of piperidine rings is 1. The van der Waals surface area contributed by atoms with Crippen LogP contribution in [0.2, 0.25) is 0 Å². The molecule has 1 fully saturated rings. The lowest BCUT2D eigenvalue weighted by Gasteiger charge is -2.36. The van der Waals surface area contributed by atoms with Crippen LogP contribution in [0.4, 0.5) is 5.95 Å². The number of hydrogen-bond acceptors (Lipinski definition) is 5. The molecular formula is C14H18N4O3. The second-order valence-electron chi connectivity index (χ2n) is 5.17. The standard InChI is InChI=1S/C14H18N4O3/c1-9-2-4-11(13(15)21)8-18(9)14-16-6-10(7-17-14)3-5-12(19)20/h3,5-7,9,11H,2,4,8H2,1H3,(H2,15,21)(H,19,20)/b5-3+. The van der Waals surface area contributed by atoms with E-state index in [0.717, 1.165) is 18.9 Å². The van der Waals surface area contributed by atoms with Crippen molar-refractivity contribution >= 4 is 23.9 Å². The van der Waals surface area contributed by atoms with Crippen LogP contribution in [0.15, 0.2) is 18.5 Å². The summed E-state index contributed by atoms with van der Waals surface area (Å²) in [5.74, 6) is -0.974. The van der Waals surface area contributed by atoms with Gasteiger partial charge in [0.1, 0.15) is 0 Å². The van der Waals surface area contributed by atoms with Crippen molar-refractivity contribution in [3.8, 4) is 0 Å². The van der Waals surface area contributed by atoms with Gasteiger partial charge in [-0.1, -0.05) is 0 Å². The highest BCUT2D eigenvalue weighted by Crippen LogP contribution is 2.25. The number of aromatic nitrogens is 2. The number of carbonyl (C=O) groups is 2. The molecule has 1 aliphatic heterocycles. The summed E-state index contributed by atoms with van der Waals surface area (Å²) in [5, 5.41) is 8.57. The van der Waals surface area contributed by atoms with Crippen LogP contribution in [0.3, 0.4) is 0 Å². The van der Waals surface area contributed by atoms with Crippen molar-refractivity contribution in [2.24, 2.45) is 11.7 Å². The molecule has 7 heteroatoms. The van der Waals surface area contributed by atoms with Crippen molar-refractivity contribution in [2.45, 2.75) is 25.8 Å². The van der Waals surface area contributed by atoms with E-state index in [-0.39, 0.29) is 17.9 Å². The smallest absolute Gasteiger partial charge is 0.328 e. The first-order valence-electron chi connectivity index (χ1n) is 6.76. The van der Waals surface area contributed by atoms with Crippen molar-refractivity contribution in [2.75, 3.05) is 11.4 Å². The predicted molar refractivity (Wildman–Crippen MR) is 77.4 cm³/mol. The van der Waals surface area contributed by atoms with E-state index in [0.29, 0.717) is 18.1 Å². The van der Waals surface area contributed by atoms with Gasteiger partial charge in [-0.15, -0.1) is 0 Å². The number of carboxylic acid groups (broad SMARTS) is 1. The van der Waals surface area contributed by atoms with Crippen LogP contribution in [-0.2, 0) is 9.59 Å². The van der Waals surface area contributed by atoms with Crippen LogP contribution in [0.25, 0.3) is 6.08 Å². The third kappa shape index (κ3) is 3.77. The molecule has 21 heavy (non-hydrogen) atoms. The van der Waals surface area contributed by atoms with E-state index >= 15 is 0 Å². The number of carbonyl (C=O) groups excluding carboxylic acids is 1. The van der Waals surface area contributed by atoms with Crippen LogP contribution < -0.4 is 10.6 Å². The summed E-state index contributed by atoms with van der Waals surface area (Å²) in [4.78, 5) is 32.2. The lowest BCUT2D eigenvalue weighted by molar-refractivity contribution is -0.131. The van der Waals surface area contributed by atoms with Gasteiger partial charge < -0.3 is 15.7 Å². The lowest BCUT2D eigenvalue weighted by atomic mass is 9.93. The van der Waals surface area contributed by atoms with Crippen LogP contribution in [-0.4, -0.2) is 39.5 Å². The number of amides is 1. The van der Waals surface area contributed by atoms with Crippen LogP contribution >= 0.6 is 0 Å². The molecular weight excluding hydrogens is 272 g/mol.